The Hall–Kier alpha value is -3.33. The number of aromatic nitrogens is 2. The molecule has 192 valence electrons. The number of nitrogens with zero attached hydrogens (tertiary/aromatic N) is 3. The van der Waals surface area contributed by atoms with E-state index in [-0.39, 0.29) is 12.1 Å². The van der Waals surface area contributed by atoms with Crippen molar-refractivity contribution < 1.29 is 18.0 Å². The molecule has 0 aliphatic carbocycles. The summed E-state index contributed by atoms with van der Waals surface area (Å²) in [5, 5.41) is 2.80. The number of piperidine rings is 1. The van der Waals surface area contributed by atoms with Gasteiger partial charge in [0.1, 0.15) is 5.82 Å². The number of para-hydroxylation sites is 1. The summed E-state index contributed by atoms with van der Waals surface area (Å²) in [5.41, 5.74) is 3.82. The largest absolute Gasteiger partial charge is 0.416 e. The standard InChI is InChI=1S/C27H32F3N5O/c1-4-19-7-5-6-8-24(19)35(26(36)31-3)22-13-15-34(16-14-22)17-23-18(2)32-25(33-23)20-9-11-21(12-10-20)27(28,29)30/h5-12,22H,4,13-17H2,1-3H3,(H,31,36)(H,32,33). The van der Waals surface area contributed by atoms with Crippen molar-refractivity contribution in [1.29, 1.82) is 0 Å². The minimum Gasteiger partial charge on any atom is -0.342 e. The Bertz CT molecular complexity index is 1180. The van der Waals surface area contributed by atoms with E-state index in [1.165, 1.54) is 12.1 Å². The van der Waals surface area contributed by atoms with Crippen molar-refractivity contribution in [3.05, 3.63) is 71.0 Å². The molecule has 2 heterocycles. The molecule has 0 spiro atoms. The first-order chi connectivity index (χ1) is 17.2. The number of carbonyl (C=O) groups is 1. The van der Waals surface area contributed by atoms with Crippen LogP contribution >= 0.6 is 0 Å². The van der Waals surface area contributed by atoms with Crippen LogP contribution in [0.1, 0.15) is 42.3 Å². The average Bonchev–Trinajstić information content (AvgIpc) is 3.24. The van der Waals surface area contributed by atoms with Crippen LogP contribution in [-0.4, -0.2) is 47.1 Å². The fourth-order valence-corrected chi connectivity index (χ4v) is 4.79. The van der Waals surface area contributed by atoms with Crippen molar-refractivity contribution >= 4 is 11.7 Å². The highest BCUT2D eigenvalue weighted by molar-refractivity contribution is 5.93. The minimum atomic E-state index is -4.36. The summed E-state index contributed by atoms with van der Waals surface area (Å²) >= 11 is 0. The lowest BCUT2D eigenvalue weighted by Gasteiger charge is -2.39. The first-order valence-corrected chi connectivity index (χ1v) is 12.3. The molecule has 4 rings (SSSR count). The summed E-state index contributed by atoms with van der Waals surface area (Å²) in [6.45, 7) is 6.29. The maximum atomic E-state index is 12.9. The molecule has 3 aromatic rings. The van der Waals surface area contributed by atoms with E-state index in [1.54, 1.807) is 7.05 Å². The van der Waals surface area contributed by atoms with Gasteiger partial charge in [0, 0.05) is 49.7 Å². The molecule has 0 atom stereocenters. The molecular formula is C27H32F3N5O. The fourth-order valence-electron chi connectivity index (χ4n) is 4.79. The Morgan fingerprint density at radius 3 is 2.42 bits per heavy atom. The van der Waals surface area contributed by atoms with E-state index in [9.17, 15) is 18.0 Å². The second-order valence-corrected chi connectivity index (χ2v) is 9.15. The van der Waals surface area contributed by atoms with E-state index in [0.29, 0.717) is 17.9 Å². The van der Waals surface area contributed by atoms with Crippen molar-refractivity contribution in [3.8, 4) is 11.4 Å². The zero-order chi connectivity index (χ0) is 25.9. The fraction of sp³-hybridized carbons (Fsp3) is 0.407. The number of rotatable bonds is 6. The van der Waals surface area contributed by atoms with E-state index in [4.69, 9.17) is 0 Å². The maximum absolute atomic E-state index is 12.9. The van der Waals surface area contributed by atoms with Gasteiger partial charge in [-0.15, -0.1) is 0 Å². The number of alkyl halides is 3. The molecule has 1 fully saturated rings. The maximum Gasteiger partial charge on any atom is 0.416 e. The van der Waals surface area contributed by atoms with Gasteiger partial charge in [-0.3, -0.25) is 9.80 Å². The number of anilines is 1. The second-order valence-electron chi connectivity index (χ2n) is 9.15. The molecule has 0 bridgehead atoms. The van der Waals surface area contributed by atoms with Crippen molar-refractivity contribution in [2.75, 3.05) is 25.0 Å². The number of amides is 2. The molecule has 1 aromatic heterocycles. The predicted octanol–water partition coefficient (Wildman–Crippen LogP) is 5.78. The van der Waals surface area contributed by atoms with Crippen LogP contribution in [0.15, 0.2) is 48.5 Å². The number of urea groups is 1. The third-order valence-electron chi connectivity index (χ3n) is 6.83. The molecule has 2 aromatic carbocycles. The van der Waals surface area contributed by atoms with Gasteiger partial charge in [0.15, 0.2) is 0 Å². The van der Waals surface area contributed by atoms with Crippen LogP contribution in [0.25, 0.3) is 11.4 Å². The first kappa shape index (κ1) is 25.8. The number of nitrogens with one attached hydrogen (secondary N) is 2. The topological polar surface area (TPSA) is 64.3 Å². The molecule has 9 heteroatoms. The van der Waals surface area contributed by atoms with E-state index < -0.39 is 11.7 Å². The number of benzene rings is 2. The number of hydrogen-bond acceptors (Lipinski definition) is 3. The van der Waals surface area contributed by atoms with E-state index in [0.717, 1.165) is 67.1 Å². The van der Waals surface area contributed by atoms with E-state index in [1.807, 2.05) is 30.0 Å². The van der Waals surface area contributed by atoms with Gasteiger partial charge in [0.05, 0.1) is 11.3 Å². The Kier molecular flexibility index (Phi) is 7.68. The summed E-state index contributed by atoms with van der Waals surface area (Å²) < 4.78 is 38.6. The van der Waals surface area contributed by atoms with Crippen molar-refractivity contribution in [2.45, 2.75) is 51.9 Å². The van der Waals surface area contributed by atoms with Crippen LogP contribution in [0.5, 0.6) is 0 Å². The number of halogens is 3. The smallest absolute Gasteiger partial charge is 0.342 e. The van der Waals surface area contributed by atoms with E-state index >= 15 is 0 Å². The summed E-state index contributed by atoms with van der Waals surface area (Å²) in [6.07, 6.45) is -1.84. The Labute approximate surface area is 209 Å². The highest BCUT2D eigenvalue weighted by Gasteiger charge is 2.31. The zero-order valence-corrected chi connectivity index (χ0v) is 20.8. The molecule has 0 unspecified atom stereocenters. The van der Waals surface area contributed by atoms with Crippen LogP contribution in [0.2, 0.25) is 0 Å². The number of aromatic amines is 1. The number of carbonyl (C=O) groups excluding carboxylic acids is 1. The van der Waals surface area contributed by atoms with Crippen LogP contribution in [0.4, 0.5) is 23.7 Å². The molecule has 2 N–H and O–H groups in total. The van der Waals surface area contributed by atoms with E-state index in [2.05, 4.69) is 33.2 Å². The lowest BCUT2D eigenvalue weighted by atomic mass is 10.0. The first-order valence-electron chi connectivity index (χ1n) is 12.3. The molecule has 1 aliphatic rings. The van der Waals surface area contributed by atoms with Crippen molar-refractivity contribution in [2.24, 2.45) is 0 Å². The summed E-state index contributed by atoms with van der Waals surface area (Å²) in [4.78, 5) is 24.9. The van der Waals surface area contributed by atoms with Gasteiger partial charge in [0.25, 0.3) is 0 Å². The van der Waals surface area contributed by atoms with Crippen molar-refractivity contribution in [3.63, 3.8) is 0 Å². The molecule has 1 saturated heterocycles. The van der Waals surface area contributed by atoms with Gasteiger partial charge in [-0.25, -0.2) is 9.78 Å². The molecule has 2 amide bonds. The Balaban J connectivity index is 1.43. The minimum absolute atomic E-state index is 0.0943. The molecule has 0 radical (unpaired) electrons. The van der Waals surface area contributed by atoms with Gasteiger partial charge in [-0.1, -0.05) is 37.3 Å². The van der Waals surface area contributed by atoms with Gasteiger partial charge in [-0.05, 0) is 49.9 Å². The van der Waals surface area contributed by atoms with Gasteiger partial charge >= 0.3 is 12.2 Å². The summed E-state index contributed by atoms with van der Waals surface area (Å²) in [7, 11) is 1.66. The highest BCUT2D eigenvalue weighted by Crippen LogP contribution is 2.31. The second kappa shape index (κ2) is 10.7. The molecule has 36 heavy (non-hydrogen) atoms. The monoisotopic (exact) mass is 499 g/mol. The number of hydrogen-bond donors (Lipinski definition) is 2. The lowest BCUT2D eigenvalue weighted by molar-refractivity contribution is -0.137. The molecular weight excluding hydrogens is 467 g/mol. The third kappa shape index (κ3) is 5.56. The van der Waals surface area contributed by atoms with Crippen LogP contribution < -0.4 is 10.2 Å². The number of H-pyrrole nitrogens is 1. The van der Waals surface area contributed by atoms with Crippen molar-refractivity contribution in [1.82, 2.24) is 20.2 Å². The van der Waals surface area contributed by atoms with Gasteiger partial charge in [-0.2, -0.15) is 13.2 Å². The summed E-state index contributed by atoms with van der Waals surface area (Å²) in [6, 6.07) is 13.1. The van der Waals surface area contributed by atoms with Gasteiger partial charge in [0.2, 0.25) is 0 Å². The third-order valence-corrected chi connectivity index (χ3v) is 6.83. The van der Waals surface area contributed by atoms with Crippen LogP contribution in [0.3, 0.4) is 0 Å². The molecule has 6 nitrogen and oxygen atoms in total. The molecule has 0 saturated carbocycles. The highest BCUT2D eigenvalue weighted by atomic mass is 19.4. The average molecular weight is 500 g/mol. The molecule has 1 aliphatic heterocycles. The quantitative estimate of drug-likeness (QED) is 0.452. The summed E-state index contributed by atoms with van der Waals surface area (Å²) in [5.74, 6) is 0.563. The predicted molar refractivity (Wildman–Crippen MR) is 135 cm³/mol. The lowest BCUT2D eigenvalue weighted by Crippen LogP contribution is -2.50. The normalized spacial score (nSPS) is 15.2. The number of imidazole rings is 1. The zero-order valence-electron chi connectivity index (χ0n) is 20.8. The van der Waals surface area contributed by atoms with Gasteiger partial charge < -0.3 is 10.3 Å². The Morgan fingerprint density at radius 2 is 1.81 bits per heavy atom. The van der Waals surface area contributed by atoms with Crippen LogP contribution in [-0.2, 0) is 19.1 Å². The SMILES string of the molecule is CCc1ccccc1N(C(=O)NC)C1CCN(Cc2nc(-c3ccc(C(F)(F)F)cc3)[nH]c2C)CC1. The number of likely N-dealkylation sites (tertiary alicyclic amines) is 1. The number of aryl methyl sites for hydroxylation is 2. The van der Waals surface area contributed by atoms with Crippen LogP contribution in [0, 0.1) is 6.92 Å². The Morgan fingerprint density at radius 1 is 1.14 bits per heavy atom.